The Bertz CT molecular complexity index is 367. The van der Waals surface area contributed by atoms with Gasteiger partial charge in [0.05, 0.1) is 0 Å². The molecule has 0 aromatic heterocycles. The number of piperidine rings is 1. The van der Waals surface area contributed by atoms with Crippen molar-refractivity contribution in [3.8, 4) is 0 Å². The molecule has 0 bridgehead atoms. The number of rotatable bonds is 6. The van der Waals surface area contributed by atoms with Crippen LogP contribution in [0.2, 0.25) is 0 Å². The standard InChI is InChI=1S/C17H28N2/c1-15-5-3-6-16(13-15)7-4-10-19-11-8-17(9-12-19)14-18-2/h3,5-6,13,17-18H,4,7-12,14H2,1-2H3. The first-order chi connectivity index (χ1) is 9.28. The topological polar surface area (TPSA) is 15.3 Å². The third-order valence-corrected chi connectivity index (χ3v) is 4.22. The van der Waals surface area contributed by atoms with Gasteiger partial charge in [0.25, 0.3) is 0 Å². The third kappa shape index (κ3) is 4.96. The first kappa shape index (κ1) is 14.5. The van der Waals surface area contributed by atoms with Gasteiger partial charge in [-0.2, -0.15) is 0 Å². The van der Waals surface area contributed by atoms with Crippen molar-refractivity contribution < 1.29 is 0 Å². The Morgan fingerprint density at radius 2 is 2.05 bits per heavy atom. The summed E-state index contributed by atoms with van der Waals surface area (Å²) in [5.41, 5.74) is 2.87. The maximum absolute atomic E-state index is 3.30. The van der Waals surface area contributed by atoms with Gasteiger partial charge in [0.15, 0.2) is 0 Å². The summed E-state index contributed by atoms with van der Waals surface area (Å²) in [6, 6.07) is 8.93. The highest BCUT2D eigenvalue weighted by Gasteiger charge is 2.17. The lowest BCUT2D eigenvalue weighted by atomic mass is 9.96. The molecule has 1 N–H and O–H groups in total. The normalized spacial score (nSPS) is 17.8. The molecule has 1 aromatic carbocycles. The molecule has 2 heteroatoms. The molecule has 2 rings (SSSR count). The van der Waals surface area contributed by atoms with Crippen LogP contribution in [0.5, 0.6) is 0 Å². The molecule has 19 heavy (non-hydrogen) atoms. The molecule has 0 atom stereocenters. The minimum Gasteiger partial charge on any atom is -0.319 e. The summed E-state index contributed by atoms with van der Waals surface area (Å²) in [6.07, 6.45) is 5.24. The predicted molar refractivity (Wildman–Crippen MR) is 82.6 cm³/mol. The molecule has 2 nitrogen and oxygen atoms in total. The van der Waals surface area contributed by atoms with E-state index in [4.69, 9.17) is 0 Å². The minimum atomic E-state index is 0.901. The van der Waals surface area contributed by atoms with Crippen LogP contribution in [0.1, 0.15) is 30.4 Å². The van der Waals surface area contributed by atoms with Crippen molar-refractivity contribution in [2.45, 2.75) is 32.6 Å². The van der Waals surface area contributed by atoms with E-state index >= 15 is 0 Å². The van der Waals surface area contributed by atoms with Crippen LogP contribution in [0.25, 0.3) is 0 Å². The van der Waals surface area contributed by atoms with E-state index in [9.17, 15) is 0 Å². The zero-order valence-corrected chi connectivity index (χ0v) is 12.5. The lowest BCUT2D eigenvalue weighted by Crippen LogP contribution is -2.37. The summed E-state index contributed by atoms with van der Waals surface area (Å²) in [5, 5.41) is 3.30. The van der Waals surface area contributed by atoms with Crippen LogP contribution >= 0.6 is 0 Å². The summed E-state index contributed by atoms with van der Waals surface area (Å²) in [5.74, 6) is 0.901. The molecule has 1 aliphatic heterocycles. The number of likely N-dealkylation sites (tertiary alicyclic amines) is 1. The highest BCUT2D eigenvalue weighted by Crippen LogP contribution is 2.17. The van der Waals surface area contributed by atoms with E-state index in [1.165, 1.54) is 63.0 Å². The van der Waals surface area contributed by atoms with E-state index < -0.39 is 0 Å². The van der Waals surface area contributed by atoms with Gasteiger partial charge in [-0.15, -0.1) is 0 Å². The molecule has 0 aliphatic carbocycles. The zero-order chi connectivity index (χ0) is 13.5. The summed E-state index contributed by atoms with van der Waals surface area (Å²) >= 11 is 0. The third-order valence-electron chi connectivity index (χ3n) is 4.22. The van der Waals surface area contributed by atoms with E-state index in [2.05, 4.69) is 48.5 Å². The fourth-order valence-corrected chi connectivity index (χ4v) is 3.08. The summed E-state index contributed by atoms with van der Waals surface area (Å²) < 4.78 is 0. The van der Waals surface area contributed by atoms with E-state index in [0.717, 1.165) is 5.92 Å². The Morgan fingerprint density at radius 3 is 2.74 bits per heavy atom. The molecule has 1 fully saturated rings. The fourth-order valence-electron chi connectivity index (χ4n) is 3.08. The summed E-state index contributed by atoms with van der Waals surface area (Å²) in [6.45, 7) is 7.22. The van der Waals surface area contributed by atoms with Gasteiger partial charge in [-0.3, -0.25) is 0 Å². The van der Waals surface area contributed by atoms with Crippen LogP contribution in [0.4, 0.5) is 0 Å². The van der Waals surface area contributed by atoms with Gasteiger partial charge in [-0.1, -0.05) is 29.8 Å². The fraction of sp³-hybridized carbons (Fsp3) is 0.647. The van der Waals surface area contributed by atoms with E-state index in [1.54, 1.807) is 0 Å². The summed E-state index contributed by atoms with van der Waals surface area (Å²) in [7, 11) is 2.06. The summed E-state index contributed by atoms with van der Waals surface area (Å²) in [4.78, 5) is 2.64. The smallest absolute Gasteiger partial charge is 0.00156 e. The lowest BCUT2D eigenvalue weighted by Gasteiger charge is -2.31. The molecule has 106 valence electrons. The predicted octanol–water partition coefficient (Wildman–Crippen LogP) is 2.86. The Hall–Kier alpha value is -0.860. The Morgan fingerprint density at radius 1 is 1.26 bits per heavy atom. The largest absolute Gasteiger partial charge is 0.319 e. The average molecular weight is 260 g/mol. The van der Waals surface area contributed by atoms with Crippen LogP contribution < -0.4 is 5.32 Å². The van der Waals surface area contributed by atoms with Crippen LogP contribution in [-0.2, 0) is 6.42 Å². The maximum atomic E-state index is 3.30. The molecule has 0 radical (unpaired) electrons. The molecule has 0 unspecified atom stereocenters. The van der Waals surface area contributed by atoms with Crippen molar-refractivity contribution in [2.75, 3.05) is 33.2 Å². The molecular formula is C17H28N2. The number of hydrogen-bond acceptors (Lipinski definition) is 2. The Balaban J connectivity index is 1.64. The van der Waals surface area contributed by atoms with Gasteiger partial charge < -0.3 is 10.2 Å². The number of aryl methyl sites for hydroxylation is 2. The number of nitrogens with one attached hydrogen (secondary N) is 1. The monoisotopic (exact) mass is 260 g/mol. The molecule has 0 amide bonds. The van der Waals surface area contributed by atoms with Crippen LogP contribution in [0, 0.1) is 12.8 Å². The van der Waals surface area contributed by atoms with Gasteiger partial charge in [-0.25, -0.2) is 0 Å². The van der Waals surface area contributed by atoms with E-state index in [-0.39, 0.29) is 0 Å². The molecule has 0 saturated carbocycles. The van der Waals surface area contributed by atoms with E-state index in [1.807, 2.05) is 0 Å². The number of benzene rings is 1. The quantitative estimate of drug-likeness (QED) is 0.846. The van der Waals surface area contributed by atoms with E-state index in [0.29, 0.717) is 0 Å². The average Bonchev–Trinajstić information content (AvgIpc) is 2.41. The minimum absolute atomic E-state index is 0.901. The number of nitrogens with zero attached hydrogens (tertiary/aromatic N) is 1. The number of hydrogen-bond donors (Lipinski definition) is 1. The van der Waals surface area contributed by atoms with Crippen molar-refractivity contribution in [1.29, 1.82) is 0 Å². The van der Waals surface area contributed by atoms with Gasteiger partial charge >= 0.3 is 0 Å². The van der Waals surface area contributed by atoms with Crippen molar-refractivity contribution in [3.63, 3.8) is 0 Å². The molecule has 1 heterocycles. The molecule has 1 aliphatic rings. The lowest BCUT2D eigenvalue weighted by molar-refractivity contribution is 0.182. The highest BCUT2D eigenvalue weighted by atomic mass is 15.1. The first-order valence-electron chi connectivity index (χ1n) is 7.70. The highest BCUT2D eigenvalue weighted by molar-refractivity contribution is 5.22. The second-order valence-corrected chi connectivity index (χ2v) is 5.94. The van der Waals surface area contributed by atoms with Crippen LogP contribution in [-0.4, -0.2) is 38.1 Å². The Kier molecular flexibility index (Phi) is 5.87. The van der Waals surface area contributed by atoms with Crippen molar-refractivity contribution in [3.05, 3.63) is 35.4 Å². The van der Waals surface area contributed by atoms with Gasteiger partial charge in [0.1, 0.15) is 0 Å². The SMILES string of the molecule is CNCC1CCN(CCCc2cccc(C)c2)CC1. The van der Waals surface area contributed by atoms with Crippen molar-refractivity contribution in [2.24, 2.45) is 5.92 Å². The van der Waals surface area contributed by atoms with Gasteiger partial charge in [0, 0.05) is 0 Å². The van der Waals surface area contributed by atoms with Gasteiger partial charge in [-0.05, 0) is 77.3 Å². The van der Waals surface area contributed by atoms with Crippen LogP contribution in [0.15, 0.2) is 24.3 Å². The second-order valence-electron chi connectivity index (χ2n) is 5.94. The maximum Gasteiger partial charge on any atom is -0.00156 e. The van der Waals surface area contributed by atoms with Crippen molar-refractivity contribution >= 4 is 0 Å². The van der Waals surface area contributed by atoms with Crippen molar-refractivity contribution in [1.82, 2.24) is 10.2 Å². The van der Waals surface area contributed by atoms with Crippen LogP contribution in [0.3, 0.4) is 0 Å². The first-order valence-corrected chi connectivity index (χ1v) is 7.70. The van der Waals surface area contributed by atoms with Gasteiger partial charge in [0.2, 0.25) is 0 Å². The molecule has 1 saturated heterocycles. The Labute approximate surface area is 118 Å². The molecule has 0 spiro atoms. The zero-order valence-electron chi connectivity index (χ0n) is 12.5. The second kappa shape index (κ2) is 7.66. The molecule has 1 aromatic rings. The molecular weight excluding hydrogens is 232 g/mol.